The van der Waals surface area contributed by atoms with Crippen LogP contribution in [0, 0.1) is 6.92 Å². The number of carbonyl (C=O) groups excluding carboxylic acids is 1. The number of nitrogens with one attached hydrogen (secondary N) is 1. The molecular formula is C17H18N2O3S. The van der Waals surface area contributed by atoms with Crippen molar-refractivity contribution in [3.8, 4) is 11.5 Å². The summed E-state index contributed by atoms with van der Waals surface area (Å²) in [4.78, 5) is 11.9. The summed E-state index contributed by atoms with van der Waals surface area (Å²) in [6.07, 6.45) is 0. The van der Waals surface area contributed by atoms with Crippen LogP contribution in [-0.2, 0) is 6.61 Å². The molecule has 6 heteroatoms. The van der Waals surface area contributed by atoms with E-state index in [1.807, 2.05) is 31.2 Å². The van der Waals surface area contributed by atoms with E-state index in [4.69, 9.17) is 15.2 Å². The minimum absolute atomic E-state index is 0.0753. The second-order valence-electron chi connectivity index (χ2n) is 4.96. The van der Waals surface area contributed by atoms with Gasteiger partial charge in [-0.3, -0.25) is 10.1 Å². The van der Waals surface area contributed by atoms with Crippen LogP contribution in [-0.4, -0.2) is 18.1 Å². The highest BCUT2D eigenvalue weighted by molar-refractivity contribution is 7.80. The van der Waals surface area contributed by atoms with Crippen LogP contribution in [0.15, 0.2) is 42.5 Å². The van der Waals surface area contributed by atoms with Gasteiger partial charge >= 0.3 is 0 Å². The Bertz CT molecular complexity index is 714. The molecule has 0 aliphatic carbocycles. The van der Waals surface area contributed by atoms with Gasteiger partial charge in [-0.25, -0.2) is 0 Å². The van der Waals surface area contributed by atoms with Gasteiger partial charge in [0, 0.05) is 5.56 Å². The minimum atomic E-state index is -0.388. The second-order valence-corrected chi connectivity index (χ2v) is 5.40. The SMILES string of the molecule is COc1cc(C(=O)NC(N)=S)ccc1OCc1ccc(C)cc1. The van der Waals surface area contributed by atoms with E-state index in [0.717, 1.165) is 5.56 Å². The number of aryl methyl sites for hydroxylation is 1. The van der Waals surface area contributed by atoms with E-state index in [2.05, 4.69) is 17.5 Å². The predicted molar refractivity (Wildman–Crippen MR) is 92.8 cm³/mol. The lowest BCUT2D eigenvalue weighted by Crippen LogP contribution is -2.34. The van der Waals surface area contributed by atoms with Crippen molar-refractivity contribution in [1.82, 2.24) is 5.32 Å². The summed E-state index contributed by atoms with van der Waals surface area (Å²) >= 11 is 4.65. The van der Waals surface area contributed by atoms with Crippen LogP contribution in [0.1, 0.15) is 21.5 Å². The Balaban J connectivity index is 2.11. The number of hydrogen-bond donors (Lipinski definition) is 2. The van der Waals surface area contributed by atoms with Gasteiger partial charge in [0.2, 0.25) is 0 Å². The van der Waals surface area contributed by atoms with Crippen LogP contribution in [0.3, 0.4) is 0 Å². The van der Waals surface area contributed by atoms with Gasteiger partial charge in [-0.05, 0) is 42.9 Å². The zero-order valence-corrected chi connectivity index (χ0v) is 13.8. The molecule has 0 bridgehead atoms. The first kappa shape index (κ1) is 16.8. The zero-order chi connectivity index (χ0) is 16.8. The van der Waals surface area contributed by atoms with Crippen LogP contribution in [0.5, 0.6) is 11.5 Å². The number of hydrogen-bond acceptors (Lipinski definition) is 4. The van der Waals surface area contributed by atoms with E-state index in [0.29, 0.717) is 23.7 Å². The van der Waals surface area contributed by atoms with Gasteiger partial charge in [-0.1, -0.05) is 29.8 Å². The molecule has 2 aromatic rings. The highest BCUT2D eigenvalue weighted by Gasteiger charge is 2.11. The van der Waals surface area contributed by atoms with Crippen molar-refractivity contribution in [1.29, 1.82) is 0 Å². The van der Waals surface area contributed by atoms with E-state index in [-0.39, 0.29) is 11.0 Å². The van der Waals surface area contributed by atoms with E-state index in [1.165, 1.54) is 12.7 Å². The zero-order valence-electron chi connectivity index (χ0n) is 13.0. The smallest absolute Gasteiger partial charge is 0.257 e. The average Bonchev–Trinajstić information content (AvgIpc) is 2.53. The van der Waals surface area contributed by atoms with Crippen LogP contribution < -0.4 is 20.5 Å². The van der Waals surface area contributed by atoms with Crippen LogP contribution in [0.25, 0.3) is 0 Å². The number of amides is 1. The van der Waals surface area contributed by atoms with Gasteiger partial charge < -0.3 is 15.2 Å². The van der Waals surface area contributed by atoms with Crippen LogP contribution >= 0.6 is 12.2 Å². The lowest BCUT2D eigenvalue weighted by molar-refractivity contribution is 0.0977. The lowest BCUT2D eigenvalue weighted by atomic mass is 10.1. The van der Waals surface area contributed by atoms with Crippen molar-refractivity contribution < 1.29 is 14.3 Å². The number of methoxy groups -OCH3 is 1. The molecule has 0 aliphatic rings. The van der Waals surface area contributed by atoms with Crippen molar-refractivity contribution in [3.63, 3.8) is 0 Å². The van der Waals surface area contributed by atoms with Gasteiger partial charge in [0.05, 0.1) is 7.11 Å². The summed E-state index contributed by atoms with van der Waals surface area (Å²) < 4.78 is 11.0. The van der Waals surface area contributed by atoms with Gasteiger partial charge in [0.1, 0.15) is 6.61 Å². The third kappa shape index (κ3) is 4.69. The predicted octanol–water partition coefficient (Wildman–Crippen LogP) is 2.56. The highest BCUT2D eigenvalue weighted by atomic mass is 32.1. The van der Waals surface area contributed by atoms with Crippen molar-refractivity contribution in [3.05, 3.63) is 59.2 Å². The Labute approximate surface area is 140 Å². The molecule has 2 rings (SSSR count). The number of carbonyl (C=O) groups is 1. The fourth-order valence-electron chi connectivity index (χ4n) is 1.96. The molecule has 0 heterocycles. The molecule has 120 valence electrons. The maximum atomic E-state index is 11.9. The Morgan fingerprint density at radius 2 is 1.87 bits per heavy atom. The molecule has 23 heavy (non-hydrogen) atoms. The Morgan fingerprint density at radius 1 is 1.17 bits per heavy atom. The van der Waals surface area contributed by atoms with Gasteiger partial charge in [-0.15, -0.1) is 0 Å². The molecule has 2 aromatic carbocycles. The largest absolute Gasteiger partial charge is 0.493 e. The van der Waals surface area contributed by atoms with E-state index in [9.17, 15) is 4.79 Å². The Hall–Kier alpha value is -2.60. The minimum Gasteiger partial charge on any atom is -0.493 e. The second kappa shape index (κ2) is 7.60. The van der Waals surface area contributed by atoms with E-state index in [1.54, 1.807) is 18.2 Å². The molecule has 0 saturated heterocycles. The van der Waals surface area contributed by atoms with Crippen molar-refractivity contribution >= 4 is 23.2 Å². The summed E-state index contributed by atoms with van der Waals surface area (Å²) in [6.45, 7) is 2.44. The van der Waals surface area contributed by atoms with Gasteiger partial charge in [0.15, 0.2) is 16.6 Å². The molecule has 0 fully saturated rings. The van der Waals surface area contributed by atoms with Crippen molar-refractivity contribution in [2.24, 2.45) is 5.73 Å². The molecule has 5 nitrogen and oxygen atoms in total. The summed E-state index contributed by atoms with van der Waals surface area (Å²) in [5.74, 6) is 0.633. The number of ether oxygens (including phenoxy) is 2. The summed E-state index contributed by atoms with van der Waals surface area (Å²) in [6, 6.07) is 13.0. The molecule has 0 saturated carbocycles. The molecule has 0 unspecified atom stereocenters. The molecule has 3 N–H and O–H groups in total. The topological polar surface area (TPSA) is 73.6 Å². The number of rotatable bonds is 5. The van der Waals surface area contributed by atoms with Crippen molar-refractivity contribution in [2.75, 3.05) is 7.11 Å². The molecule has 0 spiro atoms. The highest BCUT2D eigenvalue weighted by Crippen LogP contribution is 2.28. The molecular weight excluding hydrogens is 312 g/mol. The number of thiocarbonyl (C=S) groups is 1. The molecule has 0 radical (unpaired) electrons. The van der Waals surface area contributed by atoms with Gasteiger partial charge in [0.25, 0.3) is 5.91 Å². The maximum Gasteiger partial charge on any atom is 0.257 e. The first-order valence-electron chi connectivity index (χ1n) is 6.97. The quantitative estimate of drug-likeness (QED) is 0.824. The maximum absolute atomic E-state index is 11.9. The number of benzene rings is 2. The Kier molecular flexibility index (Phi) is 5.54. The lowest BCUT2D eigenvalue weighted by Gasteiger charge is -2.12. The fraction of sp³-hybridized carbons (Fsp3) is 0.176. The monoisotopic (exact) mass is 330 g/mol. The molecule has 0 atom stereocenters. The van der Waals surface area contributed by atoms with E-state index >= 15 is 0 Å². The third-order valence-corrected chi connectivity index (χ3v) is 3.28. The summed E-state index contributed by atoms with van der Waals surface area (Å²) in [5.41, 5.74) is 7.93. The number of nitrogens with two attached hydrogens (primary N) is 1. The normalized spacial score (nSPS) is 10.0. The Morgan fingerprint density at radius 3 is 2.48 bits per heavy atom. The van der Waals surface area contributed by atoms with E-state index < -0.39 is 0 Å². The standard InChI is InChI=1S/C17H18N2O3S/c1-11-3-5-12(6-4-11)10-22-14-8-7-13(9-15(14)21-2)16(20)19-17(18)23/h3-9H,10H2,1-2H3,(H3,18,19,20,23). The summed E-state index contributed by atoms with van der Waals surface area (Å²) in [5, 5.41) is 2.29. The van der Waals surface area contributed by atoms with Gasteiger partial charge in [-0.2, -0.15) is 0 Å². The first-order chi connectivity index (χ1) is 11.0. The van der Waals surface area contributed by atoms with Crippen LogP contribution in [0.4, 0.5) is 0 Å². The summed E-state index contributed by atoms with van der Waals surface area (Å²) in [7, 11) is 1.52. The first-order valence-corrected chi connectivity index (χ1v) is 7.37. The fourth-order valence-corrected chi connectivity index (χ4v) is 2.05. The third-order valence-electron chi connectivity index (χ3n) is 3.18. The van der Waals surface area contributed by atoms with Crippen LogP contribution in [0.2, 0.25) is 0 Å². The molecule has 0 aliphatic heterocycles. The molecule has 0 aromatic heterocycles. The molecule has 1 amide bonds. The van der Waals surface area contributed by atoms with Crippen molar-refractivity contribution in [2.45, 2.75) is 13.5 Å². The average molecular weight is 330 g/mol.